The molecule has 0 aromatic heterocycles. The van der Waals surface area contributed by atoms with Gasteiger partial charge in [0.1, 0.15) is 5.75 Å². The molecule has 1 unspecified atom stereocenters. The maximum absolute atomic E-state index is 12.2. The highest BCUT2D eigenvalue weighted by molar-refractivity contribution is 14.0. The van der Waals surface area contributed by atoms with Gasteiger partial charge in [0.05, 0.1) is 6.54 Å². The summed E-state index contributed by atoms with van der Waals surface area (Å²) in [5.41, 5.74) is 1.01. The summed E-state index contributed by atoms with van der Waals surface area (Å²) >= 11 is 0. The second-order valence-electron chi connectivity index (χ2n) is 6.35. The van der Waals surface area contributed by atoms with E-state index in [1.54, 1.807) is 24.3 Å². The third-order valence-electron chi connectivity index (χ3n) is 4.39. The molecule has 2 rings (SSSR count). The van der Waals surface area contributed by atoms with E-state index in [9.17, 15) is 8.78 Å². The van der Waals surface area contributed by atoms with Gasteiger partial charge in [-0.25, -0.2) is 0 Å². The molecule has 1 aliphatic heterocycles. The summed E-state index contributed by atoms with van der Waals surface area (Å²) in [5.74, 6) is 1.03. The lowest BCUT2D eigenvalue weighted by molar-refractivity contribution is -0.0498. The first-order valence-corrected chi connectivity index (χ1v) is 8.73. The first-order valence-electron chi connectivity index (χ1n) is 8.73. The largest absolute Gasteiger partial charge is 0.435 e. The van der Waals surface area contributed by atoms with Crippen molar-refractivity contribution in [1.82, 2.24) is 15.1 Å². The molecule has 1 atom stereocenters. The highest BCUT2D eigenvalue weighted by atomic mass is 127. The topological polar surface area (TPSA) is 40.1 Å². The van der Waals surface area contributed by atoms with Gasteiger partial charge in [-0.2, -0.15) is 8.78 Å². The van der Waals surface area contributed by atoms with E-state index in [1.165, 1.54) is 12.8 Å². The molecule has 1 aromatic rings. The van der Waals surface area contributed by atoms with E-state index < -0.39 is 6.61 Å². The van der Waals surface area contributed by atoms with Crippen LogP contribution in [0.2, 0.25) is 0 Å². The van der Waals surface area contributed by atoms with Crippen molar-refractivity contribution in [2.24, 2.45) is 4.99 Å². The van der Waals surface area contributed by atoms with E-state index in [4.69, 9.17) is 4.99 Å². The van der Waals surface area contributed by atoms with Crippen molar-refractivity contribution in [3.8, 4) is 5.75 Å². The van der Waals surface area contributed by atoms with Crippen LogP contribution in [0.3, 0.4) is 0 Å². The zero-order valence-corrected chi connectivity index (χ0v) is 18.0. The quantitative estimate of drug-likeness (QED) is 0.368. The predicted octanol–water partition coefficient (Wildman–Crippen LogP) is 3.40. The van der Waals surface area contributed by atoms with Crippen LogP contribution in [0.5, 0.6) is 5.75 Å². The number of ether oxygens (including phenoxy) is 1. The summed E-state index contributed by atoms with van der Waals surface area (Å²) in [7, 11) is 4.12. The van der Waals surface area contributed by atoms with Crippen LogP contribution < -0.4 is 10.1 Å². The highest BCUT2D eigenvalue weighted by Gasteiger charge is 2.20. The number of nitrogens with one attached hydrogen (secondary N) is 1. The van der Waals surface area contributed by atoms with Crippen molar-refractivity contribution in [2.45, 2.75) is 39.0 Å². The fourth-order valence-corrected chi connectivity index (χ4v) is 3.00. The average Bonchev–Trinajstić information content (AvgIpc) is 2.98. The summed E-state index contributed by atoms with van der Waals surface area (Å²) in [4.78, 5) is 9.16. The molecule has 5 nitrogen and oxygen atoms in total. The van der Waals surface area contributed by atoms with Gasteiger partial charge in [-0.1, -0.05) is 12.1 Å². The lowest BCUT2D eigenvalue weighted by Gasteiger charge is -2.24. The summed E-state index contributed by atoms with van der Waals surface area (Å²) in [6.07, 6.45) is 2.42. The molecule has 0 saturated carbocycles. The molecule has 0 amide bonds. The number of hydrogen-bond donors (Lipinski definition) is 1. The standard InChI is InChI=1S/C18H28F2N4O.HI/c1-4-21-18(22-12-15-6-5-11-23(15)2)24(3)13-14-7-9-16(10-8-14)25-17(19)20;/h7-10,15,17H,4-6,11-13H2,1-3H3,(H,21,22);1H. The third-order valence-corrected chi connectivity index (χ3v) is 4.39. The van der Waals surface area contributed by atoms with Gasteiger partial charge in [-0.05, 0) is 51.1 Å². The van der Waals surface area contributed by atoms with Crippen molar-refractivity contribution in [1.29, 1.82) is 0 Å². The molecule has 1 aliphatic rings. The highest BCUT2D eigenvalue weighted by Crippen LogP contribution is 2.17. The number of benzene rings is 1. The van der Waals surface area contributed by atoms with Gasteiger partial charge in [-0.15, -0.1) is 24.0 Å². The van der Waals surface area contributed by atoms with Crippen molar-refractivity contribution >= 4 is 29.9 Å². The van der Waals surface area contributed by atoms with E-state index in [1.807, 2.05) is 18.9 Å². The van der Waals surface area contributed by atoms with Crippen LogP contribution in [-0.4, -0.2) is 62.1 Å². The Hall–Kier alpha value is -1.16. The first kappa shape index (κ1) is 22.9. The van der Waals surface area contributed by atoms with Crippen molar-refractivity contribution < 1.29 is 13.5 Å². The Morgan fingerprint density at radius 2 is 2.08 bits per heavy atom. The van der Waals surface area contributed by atoms with Gasteiger partial charge in [0.25, 0.3) is 0 Å². The Bertz CT molecular complexity index is 557. The van der Waals surface area contributed by atoms with Crippen LogP contribution in [0.4, 0.5) is 8.78 Å². The molecule has 0 bridgehead atoms. The number of likely N-dealkylation sites (N-methyl/N-ethyl adjacent to an activating group) is 1. The number of rotatable bonds is 7. The molecule has 1 heterocycles. The van der Waals surface area contributed by atoms with Gasteiger partial charge >= 0.3 is 6.61 Å². The van der Waals surface area contributed by atoms with Gasteiger partial charge in [0, 0.05) is 26.2 Å². The van der Waals surface area contributed by atoms with Crippen LogP contribution >= 0.6 is 24.0 Å². The molecule has 1 fully saturated rings. The molecule has 1 saturated heterocycles. The van der Waals surface area contributed by atoms with E-state index in [2.05, 4.69) is 22.0 Å². The fraction of sp³-hybridized carbons (Fsp3) is 0.611. The Balaban J connectivity index is 0.00000338. The number of aliphatic imine (C=N–C) groups is 1. The Morgan fingerprint density at radius 3 is 2.62 bits per heavy atom. The Labute approximate surface area is 171 Å². The lowest BCUT2D eigenvalue weighted by atomic mass is 10.2. The van der Waals surface area contributed by atoms with Crippen LogP contribution in [0.1, 0.15) is 25.3 Å². The smallest absolute Gasteiger partial charge is 0.387 e. The Kier molecular flexibility index (Phi) is 10.1. The number of likely N-dealkylation sites (tertiary alicyclic amines) is 1. The molecule has 0 aliphatic carbocycles. The number of halogens is 3. The average molecular weight is 482 g/mol. The molecule has 1 N–H and O–H groups in total. The zero-order chi connectivity index (χ0) is 18.2. The number of nitrogens with zero attached hydrogens (tertiary/aromatic N) is 3. The SMILES string of the molecule is CCNC(=NCC1CCCN1C)N(C)Cc1ccc(OC(F)F)cc1.I. The maximum Gasteiger partial charge on any atom is 0.387 e. The van der Waals surface area contributed by atoms with Gasteiger partial charge in [0.2, 0.25) is 0 Å². The minimum atomic E-state index is -2.80. The van der Waals surface area contributed by atoms with Gasteiger partial charge in [0.15, 0.2) is 5.96 Å². The van der Waals surface area contributed by atoms with Gasteiger partial charge in [-0.3, -0.25) is 4.99 Å². The van der Waals surface area contributed by atoms with E-state index in [0.29, 0.717) is 12.6 Å². The molecular formula is C18H29F2IN4O. The number of alkyl halides is 2. The molecule has 1 aromatic carbocycles. The summed E-state index contributed by atoms with van der Waals surface area (Å²) in [5, 5.41) is 3.31. The van der Waals surface area contributed by atoms with Crippen molar-refractivity contribution in [3.05, 3.63) is 29.8 Å². The predicted molar refractivity (Wildman–Crippen MR) is 112 cm³/mol. The molecule has 26 heavy (non-hydrogen) atoms. The molecule has 0 radical (unpaired) electrons. The minimum absolute atomic E-state index is 0. The monoisotopic (exact) mass is 482 g/mol. The molecular weight excluding hydrogens is 453 g/mol. The van der Waals surface area contributed by atoms with Crippen LogP contribution in [-0.2, 0) is 6.54 Å². The lowest BCUT2D eigenvalue weighted by Crippen LogP contribution is -2.39. The van der Waals surface area contributed by atoms with Crippen LogP contribution in [0.15, 0.2) is 29.3 Å². The normalized spacial score (nSPS) is 17.9. The Morgan fingerprint density at radius 1 is 1.38 bits per heavy atom. The zero-order valence-electron chi connectivity index (χ0n) is 15.6. The minimum Gasteiger partial charge on any atom is -0.435 e. The summed E-state index contributed by atoms with van der Waals surface area (Å²) in [6, 6.07) is 7.22. The van der Waals surface area contributed by atoms with Crippen LogP contribution in [0, 0.1) is 0 Å². The van der Waals surface area contributed by atoms with E-state index >= 15 is 0 Å². The second-order valence-corrected chi connectivity index (χ2v) is 6.35. The van der Waals surface area contributed by atoms with Gasteiger partial charge < -0.3 is 19.9 Å². The van der Waals surface area contributed by atoms with E-state index in [0.717, 1.165) is 31.2 Å². The van der Waals surface area contributed by atoms with Crippen molar-refractivity contribution in [2.75, 3.05) is 33.7 Å². The summed E-state index contributed by atoms with van der Waals surface area (Å²) in [6.45, 7) is 2.60. The fourth-order valence-electron chi connectivity index (χ4n) is 3.00. The number of hydrogen-bond acceptors (Lipinski definition) is 3. The maximum atomic E-state index is 12.2. The first-order chi connectivity index (χ1) is 12.0. The van der Waals surface area contributed by atoms with E-state index in [-0.39, 0.29) is 29.7 Å². The number of guanidine groups is 1. The van der Waals surface area contributed by atoms with Crippen molar-refractivity contribution in [3.63, 3.8) is 0 Å². The summed E-state index contributed by atoms with van der Waals surface area (Å²) < 4.78 is 28.8. The second kappa shape index (κ2) is 11.5. The van der Waals surface area contributed by atoms with Crippen LogP contribution in [0.25, 0.3) is 0 Å². The molecule has 148 valence electrons. The molecule has 8 heteroatoms. The third kappa shape index (κ3) is 7.22. The molecule has 0 spiro atoms.